The zero-order valence-electron chi connectivity index (χ0n) is 7.80. The van der Waals surface area contributed by atoms with Crippen molar-refractivity contribution in [2.75, 3.05) is 0 Å². The van der Waals surface area contributed by atoms with Crippen LogP contribution in [-0.4, -0.2) is 15.0 Å². The Labute approximate surface area is 82.4 Å². The number of rotatable bonds is 0. The third-order valence-corrected chi connectivity index (χ3v) is 4.53. The van der Waals surface area contributed by atoms with Gasteiger partial charge in [0.05, 0.1) is 4.75 Å². The summed E-state index contributed by atoms with van der Waals surface area (Å²) in [5.41, 5.74) is 0.576. The number of carbonyl (C=O) groups excluding carboxylic acids is 1. The van der Waals surface area contributed by atoms with E-state index in [9.17, 15) is 9.90 Å². The van der Waals surface area contributed by atoms with E-state index in [1.54, 1.807) is 6.92 Å². The Morgan fingerprint density at radius 1 is 1.31 bits per heavy atom. The first-order valence-corrected chi connectivity index (χ1v) is 5.61. The van der Waals surface area contributed by atoms with Gasteiger partial charge in [0, 0.05) is 5.57 Å². The van der Waals surface area contributed by atoms with Crippen LogP contribution in [0.4, 0.5) is 0 Å². The molecule has 1 fully saturated rings. The van der Waals surface area contributed by atoms with Gasteiger partial charge in [-0.2, -0.15) is 0 Å². The number of hydrogen-bond donors (Lipinski definition) is 1. The minimum atomic E-state index is -0.223. The van der Waals surface area contributed by atoms with Gasteiger partial charge < -0.3 is 5.11 Å². The molecule has 0 aromatic carbocycles. The summed E-state index contributed by atoms with van der Waals surface area (Å²) in [7, 11) is 0. The highest BCUT2D eigenvalue weighted by Gasteiger charge is 2.45. The van der Waals surface area contributed by atoms with Gasteiger partial charge in [-0.05, 0) is 19.8 Å². The molecule has 0 radical (unpaired) electrons. The normalized spacial score (nSPS) is 27.3. The molecule has 0 aromatic heterocycles. The van der Waals surface area contributed by atoms with E-state index in [0.29, 0.717) is 11.3 Å². The van der Waals surface area contributed by atoms with Gasteiger partial charge >= 0.3 is 0 Å². The Bertz CT molecular complexity index is 275. The summed E-state index contributed by atoms with van der Waals surface area (Å²) in [6, 6.07) is 0. The average Bonchev–Trinajstić information content (AvgIpc) is 2.33. The summed E-state index contributed by atoms with van der Waals surface area (Å²) >= 11 is 1.34. The fourth-order valence-electron chi connectivity index (χ4n) is 2.20. The van der Waals surface area contributed by atoms with Crippen molar-refractivity contribution in [2.24, 2.45) is 0 Å². The van der Waals surface area contributed by atoms with Crippen LogP contribution in [0.3, 0.4) is 0 Å². The molecule has 0 atom stereocenters. The third kappa shape index (κ3) is 1.30. The van der Waals surface area contributed by atoms with Crippen molar-refractivity contribution in [3.05, 3.63) is 11.3 Å². The second-order valence-electron chi connectivity index (χ2n) is 3.92. The topological polar surface area (TPSA) is 37.3 Å². The molecule has 2 nitrogen and oxygen atoms in total. The van der Waals surface area contributed by atoms with Gasteiger partial charge in [0.1, 0.15) is 5.76 Å². The Kier molecular flexibility index (Phi) is 2.14. The molecule has 1 N–H and O–H groups in total. The minimum absolute atomic E-state index is 0.0689. The SMILES string of the molecule is CC1=C(O)C2(CCCCC2)SC1=O. The van der Waals surface area contributed by atoms with Crippen LogP contribution in [0.1, 0.15) is 39.0 Å². The van der Waals surface area contributed by atoms with E-state index in [4.69, 9.17) is 0 Å². The average molecular weight is 198 g/mol. The molecule has 3 heteroatoms. The molecule has 13 heavy (non-hydrogen) atoms. The van der Waals surface area contributed by atoms with Gasteiger partial charge in [0.15, 0.2) is 0 Å². The predicted molar refractivity (Wildman–Crippen MR) is 53.7 cm³/mol. The summed E-state index contributed by atoms with van der Waals surface area (Å²) in [5.74, 6) is 0.363. The lowest BCUT2D eigenvalue weighted by Crippen LogP contribution is -2.28. The van der Waals surface area contributed by atoms with Crippen molar-refractivity contribution >= 4 is 16.9 Å². The zero-order valence-corrected chi connectivity index (χ0v) is 8.62. The molecule has 1 spiro atoms. The molecule has 0 bridgehead atoms. The molecule has 1 aliphatic carbocycles. The van der Waals surface area contributed by atoms with Crippen LogP contribution in [0, 0.1) is 0 Å². The van der Waals surface area contributed by atoms with E-state index in [2.05, 4.69) is 0 Å². The van der Waals surface area contributed by atoms with Gasteiger partial charge in [0.2, 0.25) is 5.12 Å². The molecule has 1 aliphatic heterocycles. The predicted octanol–water partition coefficient (Wildman–Crippen LogP) is 2.79. The maximum Gasteiger partial charge on any atom is 0.219 e. The maximum atomic E-state index is 11.4. The first-order chi connectivity index (χ1) is 6.16. The molecule has 2 aliphatic rings. The number of aliphatic hydroxyl groups excluding tert-OH is 1. The Balaban J connectivity index is 2.30. The molecule has 0 saturated heterocycles. The van der Waals surface area contributed by atoms with Crippen LogP contribution in [0.25, 0.3) is 0 Å². The minimum Gasteiger partial charge on any atom is -0.510 e. The largest absolute Gasteiger partial charge is 0.510 e. The highest BCUT2D eigenvalue weighted by atomic mass is 32.2. The van der Waals surface area contributed by atoms with Crippen molar-refractivity contribution < 1.29 is 9.90 Å². The van der Waals surface area contributed by atoms with Crippen LogP contribution in [0.15, 0.2) is 11.3 Å². The Morgan fingerprint density at radius 2 is 1.92 bits per heavy atom. The van der Waals surface area contributed by atoms with Gasteiger partial charge in [-0.15, -0.1) is 0 Å². The molecule has 2 rings (SSSR count). The van der Waals surface area contributed by atoms with Crippen LogP contribution >= 0.6 is 11.8 Å². The highest BCUT2D eigenvalue weighted by molar-refractivity contribution is 8.15. The summed E-state index contributed by atoms with van der Waals surface area (Å²) in [6.07, 6.45) is 5.44. The molecular formula is C10H14O2S. The van der Waals surface area contributed by atoms with Gasteiger partial charge in [-0.3, -0.25) is 4.79 Å². The number of thioether (sulfide) groups is 1. The van der Waals surface area contributed by atoms with E-state index in [-0.39, 0.29) is 9.86 Å². The molecule has 72 valence electrons. The van der Waals surface area contributed by atoms with Gasteiger partial charge in [-0.1, -0.05) is 31.0 Å². The molecule has 0 aromatic rings. The fraction of sp³-hybridized carbons (Fsp3) is 0.700. The van der Waals surface area contributed by atoms with E-state index in [1.807, 2.05) is 0 Å². The molecule has 0 unspecified atom stereocenters. The standard InChI is InChI=1S/C10H14O2S/c1-7-8(11)10(13-9(7)12)5-3-2-4-6-10/h11H,2-6H2,1H3. The van der Waals surface area contributed by atoms with Crippen molar-refractivity contribution in [1.82, 2.24) is 0 Å². The second-order valence-corrected chi connectivity index (χ2v) is 5.27. The molecule has 1 heterocycles. The Morgan fingerprint density at radius 3 is 2.38 bits per heavy atom. The van der Waals surface area contributed by atoms with Crippen LogP contribution < -0.4 is 0 Å². The molecular weight excluding hydrogens is 184 g/mol. The van der Waals surface area contributed by atoms with Gasteiger partial charge in [-0.25, -0.2) is 0 Å². The summed E-state index contributed by atoms with van der Waals surface area (Å²) in [6.45, 7) is 1.73. The van der Waals surface area contributed by atoms with Crippen LogP contribution in [0.2, 0.25) is 0 Å². The Hall–Kier alpha value is -0.440. The van der Waals surface area contributed by atoms with Crippen molar-refractivity contribution in [3.63, 3.8) is 0 Å². The third-order valence-electron chi connectivity index (χ3n) is 3.04. The van der Waals surface area contributed by atoms with Crippen molar-refractivity contribution in [1.29, 1.82) is 0 Å². The number of aliphatic hydroxyl groups is 1. The van der Waals surface area contributed by atoms with Crippen LogP contribution in [-0.2, 0) is 4.79 Å². The van der Waals surface area contributed by atoms with Gasteiger partial charge in [0.25, 0.3) is 0 Å². The summed E-state index contributed by atoms with van der Waals surface area (Å²) in [4.78, 5) is 11.4. The number of hydrogen-bond acceptors (Lipinski definition) is 3. The van der Waals surface area contributed by atoms with Crippen molar-refractivity contribution in [3.8, 4) is 0 Å². The fourth-order valence-corrected chi connectivity index (χ4v) is 3.55. The summed E-state index contributed by atoms with van der Waals surface area (Å²) < 4.78 is -0.223. The maximum absolute atomic E-state index is 11.4. The van der Waals surface area contributed by atoms with E-state index < -0.39 is 0 Å². The smallest absolute Gasteiger partial charge is 0.219 e. The quantitative estimate of drug-likeness (QED) is 0.650. The van der Waals surface area contributed by atoms with Crippen molar-refractivity contribution in [2.45, 2.75) is 43.8 Å². The lowest BCUT2D eigenvalue weighted by molar-refractivity contribution is -0.107. The van der Waals surface area contributed by atoms with E-state index in [1.165, 1.54) is 18.2 Å². The number of carbonyl (C=O) groups is 1. The molecule has 0 amide bonds. The first-order valence-electron chi connectivity index (χ1n) is 4.79. The molecule has 1 saturated carbocycles. The van der Waals surface area contributed by atoms with E-state index >= 15 is 0 Å². The lowest BCUT2D eigenvalue weighted by atomic mass is 9.86. The van der Waals surface area contributed by atoms with E-state index in [0.717, 1.165) is 25.7 Å². The first kappa shape index (κ1) is 9.13. The monoisotopic (exact) mass is 198 g/mol. The highest BCUT2D eigenvalue weighted by Crippen LogP contribution is 2.50. The lowest BCUT2D eigenvalue weighted by Gasteiger charge is -2.31. The second kappa shape index (κ2) is 3.05. The zero-order chi connectivity index (χ0) is 9.47. The van der Waals surface area contributed by atoms with Crippen LogP contribution in [0.5, 0.6) is 0 Å². The summed E-state index contributed by atoms with van der Waals surface area (Å²) in [5, 5.41) is 9.95.